The molecule has 2 N–H and O–H groups in total. The van der Waals surface area contributed by atoms with Crippen molar-refractivity contribution in [2.24, 2.45) is 0 Å². The molecule has 0 spiro atoms. The Morgan fingerprint density at radius 3 is 2.56 bits per heavy atom. The normalized spacial score (nSPS) is 20.7. The van der Waals surface area contributed by atoms with E-state index in [-0.39, 0.29) is 6.10 Å². The van der Waals surface area contributed by atoms with Gasteiger partial charge in [0.25, 0.3) is 0 Å². The molecule has 7 nitrogen and oxygen atoms in total. The zero-order valence-corrected chi connectivity index (χ0v) is 19.4. The Hall–Kier alpha value is -2.45. The first kappa shape index (κ1) is 21.4. The van der Waals surface area contributed by atoms with E-state index >= 15 is 0 Å². The minimum atomic E-state index is 0.235. The number of nitrogens with zero attached hydrogens (tertiary/aromatic N) is 4. The predicted octanol–water partition coefficient (Wildman–Crippen LogP) is 3.50. The van der Waals surface area contributed by atoms with Crippen molar-refractivity contribution in [3.63, 3.8) is 0 Å². The van der Waals surface area contributed by atoms with Gasteiger partial charge in [0.05, 0.1) is 6.10 Å². The van der Waals surface area contributed by atoms with Crippen LogP contribution in [0.5, 0.6) is 0 Å². The van der Waals surface area contributed by atoms with E-state index in [9.17, 15) is 0 Å². The van der Waals surface area contributed by atoms with Crippen LogP contribution in [-0.4, -0.2) is 54.0 Å². The molecule has 0 saturated carbocycles. The van der Waals surface area contributed by atoms with Crippen LogP contribution in [0.15, 0.2) is 30.3 Å². The van der Waals surface area contributed by atoms with Gasteiger partial charge in [0.15, 0.2) is 5.11 Å². The number of fused-ring (bicyclic) bond motifs is 1. The molecule has 0 aliphatic carbocycles. The van der Waals surface area contributed by atoms with Gasteiger partial charge in [0, 0.05) is 45.4 Å². The van der Waals surface area contributed by atoms with Gasteiger partial charge in [-0.1, -0.05) is 24.3 Å². The van der Waals surface area contributed by atoms with Crippen molar-refractivity contribution in [1.29, 1.82) is 0 Å². The van der Waals surface area contributed by atoms with Gasteiger partial charge in [0.2, 0.25) is 5.95 Å². The number of ether oxygens (including phenoxy) is 1. The molecule has 0 radical (unpaired) electrons. The third-order valence-electron chi connectivity index (χ3n) is 6.57. The van der Waals surface area contributed by atoms with Gasteiger partial charge in [0.1, 0.15) is 11.6 Å². The molecular formula is C24H32N6OS. The lowest BCUT2D eigenvalue weighted by atomic mass is 10.00. The minimum Gasteiger partial charge on any atom is -0.376 e. The number of rotatable bonds is 5. The summed E-state index contributed by atoms with van der Waals surface area (Å²) < 4.78 is 5.68. The molecule has 1 aromatic heterocycles. The third kappa shape index (κ3) is 5.13. The number of aromatic nitrogens is 2. The molecule has 8 heteroatoms. The summed E-state index contributed by atoms with van der Waals surface area (Å²) >= 11 is 5.54. The van der Waals surface area contributed by atoms with E-state index in [2.05, 4.69) is 50.8 Å². The second-order valence-electron chi connectivity index (χ2n) is 8.87. The fraction of sp³-hybridized carbons (Fsp3) is 0.542. The maximum Gasteiger partial charge on any atom is 0.232 e. The average Bonchev–Trinajstić information content (AvgIpc) is 3.37. The fourth-order valence-corrected chi connectivity index (χ4v) is 4.95. The molecule has 3 aliphatic rings. The number of benzene rings is 1. The first-order valence-electron chi connectivity index (χ1n) is 11.9. The fourth-order valence-electron chi connectivity index (χ4n) is 4.77. The second-order valence-corrected chi connectivity index (χ2v) is 9.27. The SMILES string of the molecule is S=C(NC[C@H]1CCCO1)Nc1nc(N2CCCCC2)cc(N2CCc3ccccc3C2)n1. The van der Waals surface area contributed by atoms with Crippen LogP contribution in [0.25, 0.3) is 0 Å². The Bertz CT molecular complexity index is 942. The van der Waals surface area contributed by atoms with Gasteiger partial charge in [-0.05, 0) is 61.9 Å². The van der Waals surface area contributed by atoms with Gasteiger partial charge in [-0.2, -0.15) is 9.97 Å². The summed E-state index contributed by atoms with van der Waals surface area (Å²) in [6, 6.07) is 10.8. The van der Waals surface area contributed by atoms with Gasteiger partial charge in [-0.3, -0.25) is 0 Å². The van der Waals surface area contributed by atoms with E-state index in [0.717, 1.165) is 63.7 Å². The Labute approximate surface area is 195 Å². The Morgan fingerprint density at radius 2 is 1.78 bits per heavy atom. The molecule has 32 heavy (non-hydrogen) atoms. The molecule has 2 aromatic rings. The molecule has 0 unspecified atom stereocenters. The van der Waals surface area contributed by atoms with Crippen molar-refractivity contribution < 1.29 is 4.74 Å². The molecule has 1 atom stereocenters. The zero-order chi connectivity index (χ0) is 21.8. The summed E-state index contributed by atoms with van der Waals surface area (Å²) in [5, 5.41) is 7.05. The maximum atomic E-state index is 5.68. The summed E-state index contributed by atoms with van der Waals surface area (Å²) in [6.07, 6.45) is 7.18. The highest BCUT2D eigenvalue weighted by atomic mass is 32.1. The van der Waals surface area contributed by atoms with E-state index in [4.69, 9.17) is 26.9 Å². The monoisotopic (exact) mass is 452 g/mol. The highest BCUT2D eigenvalue weighted by Crippen LogP contribution is 2.28. The lowest BCUT2D eigenvalue weighted by Gasteiger charge is -2.32. The first-order valence-corrected chi connectivity index (χ1v) is 12.3. The molecule has 2 saturated heterocycles. The first-order chi connectivity index (χ1) is 15.7. The highest BCUT2D eigenvalue weighted by Gasteiger charge is 2.21. The van der Waals surface area contributed by atoms with Crippen LogP contribution >= 0.6 is 12.2 Å². The van der Waals surface area contributed by atoms with Crippen LogP contribution in [0.4, 0.5) is 17.6 Å². The third-order valence-corrected chi connectivity index (χ3v) is 6.82. The predicted molar refractivity (Wildman–Crippen MR) is 132 cm³/mol. The molecule has 1 aromatic carbocycles. The van der Waals surface area contributed by atoms with Crippen molar-refractivity contribution in [3.05, 3.63) is 41.5 Å². The van der Waals surface area contributed by atoms with E-state index in [1.54, 1.807) is 0 Å². The Kier molecular flexibility index (Phi) is 6.69. The van der Waals surface area contributed by atoms with Crippen LogP contribution in [-0.2, 0) is 17.7 Å². The maximum absolute atomic E-state index is 5.68. The van der Waals surface area contributed by atoms with Gasteiger partial charge in [-0.15, -0.1) is 0 Å². The summed E-state index contributed by atoms with van der Waals surface area (Å²) in [5.74, 6) is 2.50. The van der Waals surface area contributed by atoms with Gasteiger partial charge < -0.3 is 25.2 Å². The highest BCUT2D eigenvalue weighted by molar-refractivity contribution is 7.80. The van der Waals surface area contributed by atoms with E-state index in [1.165, 1.54) is 30.4 Å². The largest absolute Gasteiger partial charge is 0.376 e. The topological polar surface area (TPSA) is 65.6 Å². The lowest BCUT2D eigenvalue weighted by molar-refractivity contribution is 0.114. The van der Waals surface area contributed by atoms with Crippen LogP contribution in [0.2, 0.25) is 0 Å². The number of nitrogens with one attached hydrogen (secondary N) is 2. The van der Waals surface area contributed by atoms with E-state index < -0.39 is 0 Å². The van der Waals surface area contributed by atoms with Gasteiger partial charge in [-0.25, -0.2) is 0 Å². The van der Waals surface area contributed by atoms with E-state index in [0.29, 0.717) is 17.6 Å². The smallest absolute Gasteiger partial charge is 0.232 e. The molecule has 0 bridgehead atoms. The Balaban J connectivity index is 1.34. The number of thiocarbonyl (C=S) groups is 1. The molecule has 4 heterocycles. The van der Waals surface area contributed by atoms with Crippen LogP contribution in [0.1, 0.15) is 43.2 Å². The molecule has 5 rings (SSSR count). The quantitative estimate of drug-likeness (QED) is 0.669. The van der Waals surface area contributed by atoms with Crippen molar-refractivity contribution in [2.75, 3.05) is 47.9 Å². The molecule has 170 valence electrons. The van der Waals surface area contributed by atoms with Crippen molar-refractivity contribution >= 4 is 34.9 Å². The number of anilines is 3. The van der Waals surface area contributed by atoms with E-state index in [1.807, 2.05) is 0 Å². The lowest BCUT2D eigenvalue weighted by Crippen LogP contribution is -2.36. The molecular weight excluding hydrogens is 420 g/mol. The van der Waals surface area contributed by atoms with Crippen LogP contribution in [0.3, 0.4) is 0 Å². The summed E-state index contributed by atoms with van der Waals surface area (Å²) in [6.45, 7) is 5.46. The standard InChI is InChI=1S/C24H32N6OS/c32-24(25-16-20-9-6-14-31-20)28-23-26-21(29-11-4-1-5-12-29)15-22(27-23)30-13-10-18-7-2-3-8-19(18)17-30/h2-3,7-8,15,20H,1,4-6,9-14,16-17H2,(H2,25,26,27,28,32)/t20-/m1/s1. The number of piperidine rings is 1. The summed E-state index contributed by atoms with van der Waals surface area (Å²) in [4.78, 5) is 14.4. The van der Waals surface area contributed by atoms with Crippen molar-refractivity contribution in [1.82, 2.24) is 15.3 Å². The average molecular weight is 453 g/mol. The Morgan fingerprint density at radius 1 is 1.00 bits per heavy atom. The molecule has 3 aliphatic heterocycles. The van der Waals surface area contributed by atoms with Crippen LogP contribution < -0.4 is 20.4 Å². The van der Waals surface area contributed by atoms with Crippen LogP contribution in [0, 0.1) is 0 Å². The summed E-state index contributed by atoms with van der Waals surface area (Å²) in [7, 11) is 0. The molecule has 0 amide bonds. The number of hydrogen-bond acceptors (Lipinski definition) is 6. The van der Waals surface area contributed by atoms with Gasteiger partial charge >= 0.3 is 0 Å². The minimum absolute atomic E-state index is 0.235. The summed E-state index contributed by atoms with van der Waals surface area (Å²) in [5.41, 5.74) is 2.81. The van der Waals surface area contributed by atoms with Crippen molar-refractivity contribution in [3.8, 4) is 0 Å². The second kappa shape index (κ2) is 10.0. The van der Waals surface area contributed by atoms with Crippen molar-refractivity contribution in [2.45, 2.75) is 51.2 Å². The zero-order valence-electron chi connectivity index (χ0n) is 18.6. The number of hydrogen-bond donors (Lipinski definition) is 2. The molecule has 2 fully saturated rings.